The standard InChI is InChI=1S/C11H16Cl2N2O/c1-6-9(11(6,12)13)3-14-10(16)7-2-8-5-15(8)4-7/h6-9H,2-5H2,1H3,(H,14,16)/t6-,7?,8?,9+,15?/m1/s1. The molecule has 2 aliphatic heterocycles. The van der Waals surface area contributed by atoms with Crippen molar-refractivity contribution >= 4 is 29.1 Å². The van der Waals surface area contributed by atoms with E-state index in [2.05, 4.69) is 10.2 Å². The monoisotopic (exact) mass is 262 g/mol. The molecule has 2 saturated heterocycles. The summed E-state index contributed by atoms with van der Waals surface area (Å²) >= 11 is 12.1. The summed E-state index contributed by atoms with van der Waals surface area (Å²) in [5.74, 6) is 0.871. The SMILES string of the molecule is C[C@@H]1[C@H](CNC(=O)C2CC3CN3C2)C1(Cl)Cl. The van der Waals surface area contributed by atoms with Gasteiger partial charge in [0.2, 0.25) is 5.91 Å². The van der Waals surface area contributed by atoms with Gasteiger partial charge in [0.15, 0.2) is 0 Å². The van der Waals surface area contributed by atoms with Crippen molar-refractivity contribution in [3.8, 4) is 0 Å². The molecular formula is C11H16Cl2N2O. The van der Waals surface area contributed by atoms with Gasteiger partial charge in [-0.25, -0.2) is 0 Å². The maximum Gasteiger partial charge on any atom is 0.224 e. The first-order valence-electron chi connectivity index (χ1n) is 5.89. The van der Waals surface area contributed by atoms with Gasteiger partial charge in [-0.05, 0) is 12.3 Å². The van der Waals surface area contributed by atoms with Crippen molar-refractivity contribution in [3.63, 3.8) is 0 Å². The predicted molar refractivity (Wildman–Crippen MR) is 63.6 cm³/mol. The van der Waals surface area contributed by atoms with Gasteiger partial charge in [0.25, 0.3) is 0 Å². The van der Waals surface area contributed by atoms with Crippen LogP contribution in [-0.4, -0.2) is 40.8 Å². The zero-order valence-electron chi connectivity index (χ0n) is 9.25. The average Bonchev–Trinajstić information content (AvgIpc) is 3.00. The van der Waals surface area contributed by atoms with Gasteiger partial charge < -0.3 is 5.32 Å². The molecule has 3 fully saturated rings. The molecule has 0 radical (unpaired) electrons. The fourth-order valence-corrected chi connectivity index (χ4v) is 3.49. The van der Waals surface area contributed by atoms with Crippen molar-refractivity contribution in [1.82, 2.24) is 10.2 Å². The first-order chi connectivity index (χ1) is 7.50. The minimum Gasteiger partial charge on any atom is -0.355 e. The quantitative estimate of drug-likeness (QED) is 0.614. The summed E-state index contributed by atoms with van der Waals surface area (Å²) < 4.78 is -0.616. The smallest absolute Gasteiger partial charge is 0.224 e. The Kier molecular flexibility index (Phi) is 2.43. The first-order valence-corrected chi connectivity index (χ1v) is 6.65. The molecule has 3 nitrogen and oxygen atoms in total. The van der Waals surface area contributed by atoms with Gasteiger partial charge >= 0.3 is 0 Å². The lowest BCUT2D eigenvalue weighted by Crippen LogP contribution is -2.34. The van der Waals surface area contributed by atoms with Crippen LogP contribution in [0.3, 0.4) is 0 Å². The number of halogens is 2. The van der Waals surface area contributed by atoms with Crippen molar-refractivity contribution < 1.29 is 4.79 Å². The van der Waals surface area contributed by atoms with Gasteiger partial charge in [-0.1, -0.05) is 6.92 Å². The molecule has 1 N–H and O–H groups in total. The molecule has 90 valence electrons. The maximum atomic E-state index is 11.8. The number of amides is 1. The number of piperidine rings is 1. The Balaban J connectivity index is 1.44. The zero-order valence-corrected chi connectivity index (χ0v) is 10.8. The third-order valence-corrected chi connectivity index (χ3v) is 5.55. The average molecular weight is 263 g/mol. The molecule has 0 spiro atoms. The van der Waals surface area contributed by atoms with Crippen LogP contribution >= 0.6 is 23.2 Å². The zero-order chi connectivity index (χ0) is 11.5. The minimum atomic E-state index is -0.616. The summed E-state index contributed by atoms with van der Waals surface area (Å²) in [4.78, 5) is 14.2. The third-order valence-electron chi connectivity index (χ3n) is 4.30. The first kappa shape index (κ1) is 11.1. The highest BCUT2D eigenvalue weighted by Gasteiger charge is 2.60. The summed E-state index contributed by atoms with van der Waals surface area (Å²) in [6.07, 6.45) is 1.03. The van der Waals surface area contributed by atoms with E-state index in [9.17, 15) is 4.79 Å². The van der Waals surface area contributed by atoms with Crippen LogP contribution < -0.4 is 5.32 Å². The number of hydrogen-bond acceptors (Lipinski definition) is 2. The van der Waals surface area contributed by atoms with E-state index in [1.54, 1.807) is 0 Å². The van der Waals surface area contributed by atoms with Crippen LogP contribution in [0.25, 0.3) is 0 Å². The Morgan fingerprint density at radius 3 is 2.69 bits per heavy atom. The van der Waals surface area contributed by atoms with Crippen LogP contribution in [0.1, 0.15) is 13.3 Å². The van der Waals surface area contributed by atoms with Gasteiger partial charge in [0.1, 0.15) is 4.33 Å². The fourth-order valence-electron chi connectivity index (χ4n) is 2.77. The summed E-state index contributed by atoms with van der Waals surface area (Å²) in [6.45, 7) is 4.76. The highest BCUT2D eigenvalue weighted by molar-refractivity contribution is 6.51. The largest absolute Gasteiger partial charge is 0.355 e. The number of rotatable bonds is 3. The van der Waals surface area contributed by atoms with E-state index in [0.717, 1.165) is 13.0 Å². The number of hydrogen-bond donors (Lipinski definition) is 1. The van der Waals surface area contributed by atoms with Gasteiger partial charge in [-0.3, -0.25) is 9.69 Å². The Hall–Kier alpha value is 0.01000. The Morgan fingerprint density at radius 1 is 1.50 bits per heavy atom. The summed E-state index contributed by atoms with van der Waals surface area (Å²) in [5.41, 5.74) is 0. The Morgan fingerprint density at radius 2 is 2.19 bits per heavy atom. The van der Waals surface area contributed by atoms with Gasteiger partial charge in [0.05, 0.1) is 5.92 Å². The molecule has 0 aromatic heterocycles. The molecule has 1 saturated carbocycles. The molecule has 1 aliphatic carbocycles. The van der Waals surface area contributed by atoms with Crippen LogP contribution in [0.4, 0.5) is 0 Å². The van der Waals surface area contributed by atoms with Gasteiger partial charge in [-0.15, -0.1) is 23.2 Å². The van der Waals surface area contributed by atoms with E-state index in [1.807, 2.05) is 6.92 Å². The van der Waals surface area contributed by atoms with Gasteiger partial charge in [0, 0.05) is 31.6 Å². The van der Waals surface area contributed by atoms with E-state index in [0.29, 0.717) is 12.6 Å². The molecular weight excluding hydrogens is 247 g/mol. The highest BCUT2D eigenvalue weighted by atomic mass is 35.5. The lowest BCUT2D eigenvalue weighted by molar-refractivity contribution is -0.124. The van der Waals surface area contributed by atoms with Gasteiger partial charge in [-0.2, -0.15) is 0 Å². The summed E-state index contributed by atoms with van der Waals surface area (Å²) in [7, 11) is 0. The molecule has 2 heterocycles. The molecule has 0 aromatic carbocycles. The topological polar surface area (TPSA) is 32.1 Å². The van der Waals surface area contributed by atoms with Crippen LogP contribution in [0, 0.1) is 17.8 Å². The third kappa shape index (κ3) is 1.73. The molecule has 5 heteroatoms. The second-order valence-electron chi connectivity index (χ2n) is 5.36. The summed E-state index contributed by atoms with van der Waals surface area (Å²) in [6, 6.07) is 0.691. The van der Waals surface area contributed by atoms with Crippen molar-refractivity contribution in [1.29, 1.82) is 0 Å². The van der Waals surface area contributed by atoms with Crippen molar-refractivity contribution in [2.24, 2.45) is 17.8 Å². The number of alkyl halides is 2. The Bertz CT molecular complexity index is 324. The van der Waals surface area contributed by atoms with E-state index in [-0.39, 0.29) is 23.7 Å². The molecule has 3 rings (SSSR count). The fraction of sp³-hybridized carbons (Fsp3) is 0.909. The number of nitrogens with one attached hydrogen (secondary N) is 1. The van der Waals surface area contributed by atoms with Crippen LogP contribution in [0.15, 0.2) is 0 Å². The number of carbonyl (C=O) groups excluding carboxylic acids is 1. The second kappa shape index (κ2) is 3.50. The molecule has 3 aliphatic rings. The maximum absolute atomic E-state index is 11.8. The lowest BCUT2D eigenvalue weighted by Gasteiger charge is -2.11. The van der Waals surface area contributed by atoms with E-state index in [1.165, 1.54) is 6.54 Å². The molecule has 0 aromatic rings. The van der Waals surface area contributed by atoms with Crippen LogP contribution in [0.2, 0.25) is 0 Å². The highest BCUT2D eigenvalue weighted by Crippen LogP contribution is 2.58. The van der Waals surface area contributed by atoms with Crippen molar-refractivity contribution in [3.05, 3.63) is 0 Å². The van der Waals surface area contributed by atoms with Crippen molar-refractivity contribution in [2.45, 2.75) is 23.7 Å². The Labute approximate surface area is 105 Å². The number of carbonyl (C=O) groups is 1. The molecule has 3 unspecified atom stereocenters. The molecule has 1 amide bonds. The normalized spacial score (nSPS) is 47.3. The summed E-state index contributed by atoms with van der Waals surface area (Å²) in [5, 5.41) is 2.98. The second-order valence-corrected chi connectivity index (χ2v) is 6.80. The lowest BCUT2D eigenvalue weighted by atomic mass is 10.1. The van der Waals surface area contributed by atoms with Crippen molar-refractivity contribution in [2.75, 3.05) is 19.6 Å². The van der Waals surface area contributed by atoms with E-state index in [4.69, 9.17) is 23.2 Å². The predicted octanol–water partition coefficient (Wildman–Crippen LogP) is 1.25. The van der Waals surface area contributed by atoms with Crippen LogP contribution in [-0.2, 0) is 4.79 Å². The van der Waals surface area contributed by atoms with Crippen LogP contribution in [0.5, 0.6) is 0 Å². The molecule has 16 heavy (non-hydrogen) atoms. The number of fused-ring (bicyclic) bond motifs is 1. The van der Waals surface area contributed by atoms with E-state index >= 15 is 0 Å². The van der Waals surface area contributed by atoms with E-state index < -0.39 is 4.33 Å². The minimum absolute atomic E-state index is 0.176. The number of nitrogens with zero attached hydrogens (tertiary/aromatic N) is 1. The molecule has 0 bridgehead atoms. The molecule has 5 atom stereocenters.